The molecule has 2 aromatic carbocycles. The second kappa shape index (κ2) is 6.27. The van der Waals surface area contributed by atoms with Gasteiger partial charge in [-0.1, -0.05) is 42.5 Å². The second-order valence-corrected chi connectivity index (χ2v) is 5.75. The van der Waals surface area contributed by atoms with E-state index in [1.54, 1.807) is 6.07 Å². The van der Waals surface area contributed by atoms with Crippen LogP contribution in [0.3, 0.4) is 0 Å². The van der Waals surface area contributed by atoms with Crippen molar-refractivity contribution in [1.82, 2.24) is 5.32 Å². The van der Waals surface area contributed by atoms with Crippen LogP contribution in [0.15, 0.2) is 54.6 Å². The molecule has 0 spiro atoms. The van der Waals surface area contributed by atoms with Crippen molar-refractivity contribution >= 4 is 5.69 Å². The Kier molecular flexibility index (Phi) is 4.20. The maximum atomic E-state index is 14.0. The summed E-state index contributed by atoms with van der Waals surface area (Å²) in [5.41, 5.74) is 2.03. The zero-order chi connectivity index (χ0) is 14.7. The molecule has 1 heterocycles. The molecule has 0 radical (unpaired) electrons. The summed E-state index contributed by atoms with van der Waals surface area (Å²) in [4.78, 5) is 2.18. The Morgan fingerprint density at radius 2 is 1.81 bits per heavy atom. The standard InChI is InChI=1S/C18H21FN2/c1-14-12-20-16(11-15-7-3-2-4-8-15)13-21(14)18-10-6-5-9-17(18)19/h2-10,14,16,20H,11-13H2,1H3. The number of piperazine rings is 1. The monoisotopic (exact) mass is 284 g/mol. The fourth-order valence-corrected chi connectivity index (χ4v) is 2.99. The van der Waals surface area contributed by atoms with Gasteiger partial charge in [0.2, 0.25) is 0 Å². The lowest BCUT2D eigenvalue weighted by molar-refractivity contribution is 0.399. The molecule has 2 atom stereocenters. The minimum absolute atomic E-state index is 0.135. The molecule has 0 aliphatic carbocycles. The van der Waals surface area contributed by atoms with Gasteiger partial charge in [-0.2, -0.15) is 0 Å². The lowest BCUT2D eigenvalue weighted by Crippen LogP contribution is -2.56. The van der Waals surface area contributed by atoms with Crippen LogP contribution in [0.5, 0.6) is 0 Å². The van der Waals surface area contributed by atoms with Crippen molar-refractivity contribution in [2.24, 2.45) is 0 Å². The van der Waals surface area contributed by atoms with Crippen molar-refractivity contribution in [3.05, 3.63) is 66.0 Å². The van der Waals surface area contributed by atoms with E-state index < -0.39 is 0 Å². The number of nitrogens with zero attached hydrogens (tertiary/aromatic N) is 1. The topological polar surface area (TPSA) is 15.3 Å². The minimum atomic E-state index is -0.135. The molecular weight excluding hydrogens is 263 g/mol. The van der Waals surface area contributed by atoms with Crippen molar-refractivity contribution < 1.29 is 4.39 Å². The molecule has 1 aliphatic rings. The fourth-order valence-electron chi connectivity index (χ4n) is 2.99. The summed E-state index contributed by atoms with van der Waals surface area (Å²) in [5, 5.41) is 3.57. The number of halogens is 1. The molecule has 1 aliphatic heterocycles. The number of rotatable bonds is 3. The summed E-state index contributed by atoms with van der Waals surface area (Å²) in [7, 11) is 0. The van der Waals surface area contributed by atoms with Gasteiger partial charge in [0, 0.05) is 25.2 Å². The molecule has 0 saturated carbocycles. The predicted octanol–water partition coefficient (Wildman–Crippen LogP) is 3.24. The van der Waals surface area contributed by atoms with Crippen LogP contribution in [0.1, 0.15) is 12.5 Å². The maximum Gasteiger partial charge on any atom is 0.146 e. The van der Waals surface area contributed by atoms with Crippen LogP contribution in [-0.4, -0.2) is 25.2 Å². The first-order valence-electron chi connectivity index (χ1n) is 7.52. The first-order chi connectivity index (χ1) is 10.2. The van der Waals surface area contributed by atoms with Gasteiger partial charge in [0.25, 0.3) is 0 Å². The molecule has 0 aromatic heterocycles. The molecule has 3 rings (SSSR count). The molecule has 2 nitrogen and oxygen atoms in total. The minimum Gasteiger partial charge on any atom is -0.364 e. The largest absolute Gasteiger partial charge is 0.364 e. The van der Waals surface area contributed by atoms with E-state index >= 15 is 0 Å². The van der Waals surface area contributed by atoms with Gasteiger partial charge in [0.1, 0.15) is 5.82 Å². The van der Waals surface area contributed by atoms with Crippen molar-refractivity contribution in [1.29, 1.82) is 0 Å². The van der Waals surface area contributed by atoms with Gasteiger partial charge in [-0.3, -0.25) is 0 Å². The van der Waals surface area contributed by atoms with Crippen LogP contribution in [0.25, 0.3) is 0 Å². The van der Waals surface area contributed by atoms with Crippen molar-refractivity contribution in [2.75, 3.05) is 18.0 Å². The normalized spacial score (nSPS) is 22.3. The molecule has 21 heavy (non-hydrogen) atoms. The molecular formula is C18H21FN2. The summed E-state index contributed by atoms with van der Waals surface area (Å²) < 4.78 is 14.0. The van der Waals surface area contributed by atoms with E-state index in [1.165, 1.54) is 11.6 Å². The fraction of sp³-hybridized carbons (Fsp3) is 0.333. The Bertz CT molecular complexity index is 585. The highest BCUT2D eigenvalue weighted by atomic mass is 19.1. The summed E-state index contributed by atoms with van der Waals surface area (Å²) in [6.07, 6.45) is 0.971. The van der Waals surface area contributed by atoms with Gasteiger partial charge in [0.05, 0.1) is 5.69 Å². The number of hydrogen-bond donors (Lipinski definition) is 1. The van der Waals surface area contributed by atoms with Crippen molar-refractivity contribution in [3.63, 3.8) is 0 Å². The smallest absolute Gasteiger partial charge is 0.146 e. The quantitative estimate of drug-likeness (QED) is 0.931. The van der Waals surface area contributed by atoms with Crippen LogP contribution < -0.4 is 10.2 Å². The number of hydrogen-bond acceptors (Lipinski definition) is 2. The zero-order valence-electron chi connectivity index (χ0n) is 12.3. The third-order valence-electron chi connectivity index (χ3n) is 4.14. The van der Waals surface area contributed by atoms with Crippen LogP contribution in [-0.2, 0) is 6.42 Å². The first-order valence-corrected chi connectivity index (χ1v) is 7.52. The van der Waals surface area contributed by atoms with Gasteiger partial charge in [-0.25, -0.2) is 4.39 Å². The SMILES string of the molecule is CC1CNC(Cc2ccccc2)CN1c1ccccc1F. The molecule has 3 heteroatoms. The maximum absolute atomic E-state index is 14.0. The highest BCUT2D eigenvalue weighted by molar-refractivity contribution is 5.49. The average Bonchev–Trinajstić information content (AvgIpc) is 2.51. The third-order valence-corrected chi connectivity index (χ3v) is 4.14. The number of para-hydroxylation sites is 1. The number of benzene rings is 2. The van der Waals surface area contributed by atoms with E-state index in [4.69, 9.17) is 0 Å². The summed E-state index contributed by atoms with van der Waals surface area (Å²) in [5.74, 6) is -0.135. The Balaban J connectivity index is 1.74. The van der Waals surface area contributed by atoms with Crippen molar-refractivity contribution in [2.45, 2.75) is 25.4 Å². The van der Waals surface area contributed by atoms with Crippen molar-refractivity contribution in [3.8, 4) is 0 Å². The highest BCUT2D eigenvalue weighted by Crippen LogP contribution is 2.23. The van der Waals surface area contributed by atoms with E-state index in [0.29, 0.717) is 17.8 Å². The van der Waals surface area contributed by atoms with E-state index in [1.807, 2.05) is 18.2 Å². The van der Waals surface area contributed by atoms with Gasteiger partial charge in [-0.05, 0) is 31.0 Å². The Hall–Kier alpha value is -1.87. The first kappa shape index (κ1) is 14.1. The molecule has 2 aromatic rings. The highest BCUT2D eigenvalue weighted by Gasteiger charge is 2.26. The molecule has 1 saturated heterocycles. The number of nitrogens with one attached hydrogen (secondary N) is 1. The average molecular weight is 284 g/mol. The van der Waals surface area contributed by atoms with E-state index in [0.717, 1.165) is 19.5 Å². The Morgan fingerprint density at radius 1 is 1.10 bits per heavy atom. The lowest BCUT2D eigenvalue weighted by atomic mass is 10.0. The van der Waals surface area contributed by atoms with E-state index in [2.05, 4.69) is 41.4 Å². The lowest BCUT2D eigenvalue weighted by Gasteiger charge is -2.40. The number of anilines is 1. The van der Waals surface area contributed by atoms with Gasteiger partial charge < -0.3 is 10.2 Å². The van der Waals surface area contributed by atoms with Gasteiger partial charge in [0.15, 0.2) is 0 Å². The van der Waals surface area contributed by atoms with Crippen LogP contribution in [0, 0.1) is 5.82 Å². The summed E-state index contributed by atoms with van der Waals surface area (Å²) >= 11 is 0. The molecule has 1 N–H and O–H groups in total. The second-order valence-electron chi connectivity index (χ2n) is 5.75. The molecule has 2 unspecified atom stereocenters. The predicted molar refractivity (Wildman–Crippen MR) is 85.1 cm³/mol. The van der Waals surface area contributed by atoms with Crippen LogP contribution >= 0.6 is 0 Å². The van der Waals surface area contributed by atoms with E-state index in [9.17, 15) is 4.39 Å². The van der Waals surface area contributed by atoms with Crippen LogP contribution in [0.2, 0.25) is 0 Å². The van der Waals surface area contributed by atoms with Gasteiger partial charge in [-0.15, -0.1) is 0 Å². The van der Waals surface area contributed by atoms with E-state index in [-0.39, 0.29) is 5.82 Å². The zero-order valence-corrected chi connectivity index (χ0v) is 12.3. The van der Waals surface area contributed by atoms with Gasteiger partial charge >= 0.3 is 0 Å². The Morgan fingerprint density at radius 3 is 2.57 bits per heavy atom. The summed E-state index contributed by atoms with van der Waals surface area (Å²) in [6.45, 7) is 3.85. The molecule has 0 bridgehead atoms. The molecule has 1 fully saturated rings. The molecule has 110 valence electrons. The molecule has 0 amide bonds. The summed E-state index contributed by atoms with van der Waals surface area (Å²) in [6, 6.07) is 18.2. The van der Waals surface area contributed by atoms with Crippen LogP contribution in [0.4, 0.5) is 10.1 Å². The third kappa shape index (κ3) is 3.24. The Labute approximate surface area is 125 Å².